The number of aliphatic carboxylic acids is 1. The summed E-state index contributed by atoms with van der Waals surface area (Å²) in [4.78, 5) is 35.1. The van der Waals surface area contributed by atoms with Gasteiger partial charge in [-0.1, -0.05) is 39.0 Å². The van der Waals surface area contributed by atoms with Gasteiger partial charge in [0.1, 0.15) is 5.60 Å². The van der Waals surface area contributed by atoms with Crippen LogP contribution in [0.25, 0.3) is 0 Å². The first kappa shape index (κ1) is 24.1. The highest BCUT2D eigenvalue weighted by Gasteiger charge is 2.33. The zero-order valence-electron chi connectivity index (χ0n) is 18.0. The predicted octanol–water partition coefficient (Wildman–Crippen LogP) is 4.48. The van der Waals surface area contributed by atoms with E-state index in [9.17, 15) is 24.8 Å². The van der Waals surface area contributed by atoms with Crippen molar-refractivity contribution in [2.75, 3.05) is 0 Å². The van der Waals surface area contributed by atoms with Crippen LogP contribution in [0.5, 0.6) is 0 Å². The summed E-state index contributed by atoms with van der Waals surface area (Å²) in [5, 5.41) is 23.7. The van der Waals surface area contributed by atoms with Crippen molar-refractivity contribution >= 4 is 17.7 Å². The minimum Gasteiger partial charge on any atom is -0.478 e. The van der Waals surface area contributed by atoms with Crippen molar-refractivity contribution < 1.29 is 24.4 Å². The molecule has 0 aliphatic heterocycles. The number of carbonyl (C=O) groups excluding carboxylic acids is 1. The number of nitrogens with one attached hydrogen (secondary N) is 1. The summed E-state index contributed by atoms with van der Waals surface area (Å²) in [6.07, 6.45) is -0.672. The van der Waals surface area contributed by atoms with Gasteiger partial charge in [-0.25, -0.2) is 9.59 Å². The molecule has 29 heavy (non-hydrogen) atoms. The number of amides is 1. The molecular weight excluding hydrogens is 376 g/mol. The first-order chi connectivity index (χ1) is 13.1. The number of para-hydroxylation sites is 1. The number of carboxylic acids is 1. The van der Waals surface area contributed by atoms with Gasteiger partial charge < -0.3 is 15.2 Å². The van der Waals surface area contributed by atoms with Crippen LogP contribution in [-0.2, 0) is 16.0 Å². The number of rotatable bonds is 6. The average molecular weight is 406 g/mol. The predicted molar refractivity (Wildman–Crippen MR) is 110 cm³/mol. The van der Waals surface area contributed by atoms with Crippen molar-refractivity contribution in [1.29, 1.82) is 0 Å². The zero-order valence-corrected chi connectivity index (χ0v) is 18.0. The summed E-state index contributed by atoms with van der Waals surface area (Å²) < 4.78 is 5.33. The lowest BCUT2D eigenvalue weighted by Gasteiger charge is -2.33. The van der Waals surface area contributed by atoms with E-state index in [1.54, 1.807) is 39.0 Å². The molecule has 0 aliphatic rings. The highest BCUT2D eigenvalue weighted by Crippen LogP contribution is 2.34. The molecular formula is C21H30N2O6. The van der Waals surface area contributed by atoms with Crippen molar-refractivity contribution in [3.63, 3.8) is 0 Å². The van der Waals surface area contributed by atoms with E-state index < -0.39 is 34.0 Å². The van der Waals surface area contributed by atoms with Gasteiger partial charge in [-0.3, -0.25) is 10.1 Å². The van der Waals surface area contributed by atoms with E-state index in [1.807, 2.05) is 20.8 Å². The Morgan fingerprint density at radius 1 is 1.17 bits per heavy atom. The van der Waals surface area contributed by atoms with Crippen molar-refractivity contribution in [2.45, 2.75) is 66.5 Å². The van der Waals surface area contributed by atoms with Gasteiger partial charge >= 0.3 is 12.1 Å². The molecule has 0 saturated heterocycles. The van der Waals surface area contributed by atoms with Crippen molar-refractivity contribution in [2.24, 2.45) is 5.41 Å². The molecule has 8 nitrogen and oxygen atoms in total. The van der Waals surface area contributed by atoms with Crippen LogP contribution in [-0.4, -0.2) is 33.7 Å². The molecule has 2 N–H and O–H groups in total. The summed E-state index contributed by atoms with van der Waals surface area (Å²) in [5.74, 6) is -1.12. The van der Waals surface area contributed by atoms with E-state index in [0.717, 1.165) is 0 Å². The van der Waals surface area contributed by atoms with Crippen LogP contribution in [0.15, 0.2) is 35.4 Å². The number of hydrogen-bond acceptors (Lipinski definition) is 5. The van der Waals surface area contributed by atoms with E-state index in [-0.39, 0.29) is 17.7 Å². The molecule has 160 valence electrons. The van der Waals surface area contributed by atoms with Crippen molar-refractivity contribution in [3.05, 3.63) is 51.1 Å². The summed E-state index contributed by atoms with van der Waals surface area (Å²) in [6, 6.07) is 5.39. The van der Waals surface area contributed by atoms with Crippen LogP contribution in [0, 0.1) is 15.5 Å². The van der Waals surface area contributed by atoms with Crippen molar-refractivity contribution in [1.82, 2.24) is 5.32 Å². The highest BCUT2D eigenvalue weighted by molar-refractivity contribution is 5.87. The smallest absolute Gasteiger partial charge is 0.408 e. The molecule has 0 spiro atoms. The summed E-state index contributed by atoms with van der Waals surface area (Å²) in [7, 11) is 0. The van der Waals surface area contributed by atoms with Crippen LogP contribution in [0.2, 0.25) is 0 Å². The molecule has 0 fully saturated rings. The molecule has 1 aromatic carbocycles. The Labute approximate surface area is 171 Å². The molecule has 1 atom stereocenters. The zero-order chi connectivity index (χ0) is 22.6. The topological polar surface area (TPSA) is 119 Å². The average Bonchev–Trinajstić information content (AvgIpc) is 2.51. The minimum atomic E-state index is -1.12. The normalized spacial score (nSPS) is 13.9. The number of alkyl carbamates (subject to hydrolysis) is 1. The lowest BCUT2D eigenvalue weighted by molar-refractivity contribution is -0.385. The number of nitro groups is 1. The third kappa shape index (κ3) is 7.21. The molecule has 0 aliphatic carbocycles. The van der Waals surface area contributed by atoms with Crippen LogP contribution in [0.3, 0.4) is 0 Å². The van der Waals surface area contributed by atoms with Gasteiger partial charge in [0.2, 0.25) is 0 Å². The van der Waals surface area contributed by atoms with Crippen LogP contribution in [0.4, 0.5) is 10.5 Å². The van der Waals surface area contributed by atoms with Crippen LogP contribution in [0.1, 0.15) is 54.0 Å². The number of carbonyl (C=O) groups is 2. The van der Waals surface area contributed by atoms with Gasteiger partial charge in [-0.05, 0) is 38.7 Å². The molecule has 8 heteroatoms. The van der Waals surface area contributed by atoms with Gasteiger partial charge in [-0.15, -0.1) is 0 Å². The second kappa shape index (κ2) is 9.07. The standard InChI is InChI=1S/C21H30N2O6/c1-13(18(24)25)17(20(2,3)4)15(22-19(26)29-21(5,6)7)12-14-10-8-9-11-16(14)23(27)28/h8-11,15H,12H2,1-7H3,(H,22,26)(H,24,25)/b17-13-/t15-/m0/s1. The maximum Gasteiger partial charge on any atom is 0.408 e. The molecule has 0 bridgehead atoms. The quantitative estimate of drug-likeness (QED) is 0.408. The number of hydrogen-bond donors (Lipinski definition) is 2. The largest absolute Gasteiger partial charge is 0.478 e. The third-order valence-electron chi connectivity index (χ3n) is 4.18. The molecule has 0 heterocycles. The molecule has 0 unspecified atom stereocenters. The number of carboxylic acid groups (broad SMARTS) is 1. The fraction of sp³-hybridized carbons (Fsp3) is 0.524. The van der Waals surface area contributed by atoms with Crippen LogP contribution < -0.4 is 5.32 Å². The van der Waals surface area contributed by atoms with Gasteiger partial charge in [0.05, 0.1) is 11.0 Å². The molecule has 1 aromatic rings. The van der Waals surface area contributed by atoms with Crippen molar-refractivity contribution in [3.8, 4) is 0 Å². The summed E-state index contributed by atoms with van der Waals surface area (Å²) in [6.45, 7) is 12.1. The Morgan fingerprint density at radius 2 is 1.72 bits per heavy atom. The van der Waals surface area contributed by atoms with E-state index in [4.69, 9.17) is 4.74 Å². The number of nitro benzene ring substituents is 1. The number of nitrogens with zero attached hydrogens (tertiary/aromatic N) is 1. The van der Waals surface area contributed by atoms with E-state index in [1.165, 1.54) is 13.0 Å². The first-order valence-corrected chi connectivity index (χ1v) is 9.30. The molecule has 0 radical (unpaired) electrons. The monoisotopic (exact) mass is 406 g/mol. The van der Waals surface area contributed by atoms with E-state index in [0.29, 0.717) is 11.1 Å². The van der Waals surface area contributed by atoms with Gasteiger partial charge in [0.15, 0.2) is 0 Å². The molecule has 1 rings (SSSR count). The summed E-state index contributed by atoms with van der Waals surface area (Å²) >= 11 is 0. The molecule has 0 aromatic heterocycles. The lowest BCUT2D eigenvalue weighted by atomic mass is 9.77. The van der Waals surface area contributed by atoms with Crippen LogP contribution >= 0.6 is 0 Å². The van der Waals surface area contributed by atoms with E-state index in [2.05, 4.69) is 5.32 Å². The fourth-order valence-electron chi connectivity index (χ4n) is 3.22. The maximum absolute atomic E-state index is 12.5. The Bertz CT molecular complexity index is 815. The minimum absolute atomic E-state index is 0.0492. The summed E-state index contributed by atoms with van der Waals surface area (Å²) in [5.41, 5.74) is -0.526. The fourth-order valence-corrected chi connectivity index (χ4v) is 3.22. The SMILES string of the molecule is C/C(C(=O)O)=C(\[C@H](Cc1ccccc1[N+](=O)[O-])NC(=O)OC(C)(C)C)C(C)(C)C. The van der Waals surface area contributed by atoms with Gasteiger partial charge in [-0.2, -0.15) is 0 Å². The van der Waals surface area contributed by atoms with Gasteiger partial charge in [0.25, 0.3) is 5.69 Å². The second-order valence-electron chi connectivity index (χ2n) is 8.88. The Balaban J connectivity index is 3.50. The Morgan fingerprint density at radius 3 is 2.17 bits per heavy atom. The lowest BCUT2D eigenvalue weighted by Crippen LogP contribution is -2.44. The van der Waals surface area contributed by atoms with Gasteiger partial charge in [0, 0.05) is 23.6 Å². The molecule has 1 amide bonds. The highest BCUT2D eigenvalue weighted by atomic mass is 16.6. The number of benzene rings is 1. The number of ether oxygens (including phenoxy) is 1. The second-order valence-corrected chi connectivity index (χ2v) is 8.88. The van der Waals surface area contributed by atoms with E-state index >= 15 is 0 Å². The molecule has 0 saturated carbocycles. The Hall–Kier alpha value is -2.90. The third-order valence-corrected chi connectivity index (χ3v) is 4.18. The Kier molecular flexibility index (Phi) is 7.55. The maximum atomic E-state index is 12.5. The first-order valence-electron chi connectivity index (χ1n) is 9.30.